The number of hydrogen-bond donors (Lipinski definition) is 0. The van der Waals surface area contributed by atoms with Crippen molar-refractivity contribution in [3.8, 4) is 0 Å². The average molecular weight is 601 g/mol. The molecule has 0 fully saturated rings. The zero-order chi connectivity index (χ0) is 18.9. The number of hydrogen-bond acceptors (Lipinski definition) is 0. The first-order chi connectivity index (χ1) is 13.8. The number of para-hydroxylation sites is 1. The molecule has 152 valence electrons. The van der Waals surface area contributed by atoms with E-state index in [1.54, 1.807) is 11.1 Å². The van der Waals surface area contributed by atoms with E-state index < -0.39 is 22.9 Å². The number of fused-ring (bicyclic) bond motifs is 2. The molecule has 0 spiro atoms. The Bertz CT molecular complexity index is 1120. The Labute approximate surface area is 203 Å². The molecule has 0 amide bonds. The molecule has 0 bridgehead atoms. The SMILES string of the molecule is CCCCC1=[C]([Hf+2][CH]2C(n3ccc4ccccc43)=Cc3ccccc32)CC=C1.[Cl-].[Cl-]. The van der Waals surface area contributed by atoms with Crippen molar-refractivity contribution in [2.45, 2.75) is 36.3 Å². The summed E-state index contributed by atoms with van der Waals surface area (Å²) in [5.41, 5.74) is 7.49. The number of allylic oxidation sites excluding steroid dienone is 5. The zero-order valence-corrected chi connectivity index (χ0v) is 22.2. The largest absolute Gasteiger partial charge is 1.00 e. The number of halogens is 2. The molecular weight excluding hydrogens is 576 g/mol. The fourth-order valence-electron chi connectivity index (χ4n) is 4.45. The van der Waals surface area contributed by atoms with Crippen LogP contribution in [0.25, 0.3) is 22.7 Å². The molecule has 4 heteroatoms. The summed E-state index contributed by atoms with van der Waals surface area (Å²) in [5.74, 6) is 0. The average Bonchev–Trinajstić information content (AvgIpc) is 3.44. The van der Waals surface area contributed by atoms with E-state index >= 15 is 0 Å². The standard InChI is InChI=1S/C17H12N.C9H13.2ClH.Hf/c1-2-7-15-12-16(11-14(15)6-1)18-10-9-13-5-3-4-8-17(13)18;1-2-3-6-9-7-4-5-8-9;;;/h1-12H;4,7H,2-3,5-6H2,1H3;2*1H;/q;;;;+2/p-2. The molecule has 0 saturated heterocycles. The zero-order valence-electron chi connectivity index (χ0n) is 17.1. The van der Waals surface area contributed by atoms with Crippen LogP contribution in [0.1, 0.15) is 47.4 Å². The van der Waals surface area contributed by atoms with Crippen molar-refractivity contribution >= 4 is 22.7 Å². The van der Waals surface area contributed by atoms with Crippen LogP contribution < -0.4 is 24.8 Å². The van der Waals surface area contributed by atoms with Crippen molar-refractivity contribution in [3.63, 3.8) is 0 Å². The Morgan fingerprint density at radius 3 is 2.67 bits per heavy atom. The first-order valence-corrected chi connectivity index (χ1v) is 14.2. The van der Waals surface area contributed by atoms with Gasteiger partial charge in [0, 0.05) is 0 Å². The topological polar surface area (TPSA) is 4.93 Å². The van der Waals surface area contributed by atoms with Gasteiger partial charge < -0.3 is 24.8 Å². The number of nitrogens with zero attached hydrogens (tertiary/aromatic N) is 1. The molecule has 1 nitrogen and oxygen atoms in total. The fourth-order valence-corrected chi connectivity index (χ4v) is 10.8. The smallest absolute Gasteiger partial charge is 1.00 e. The maximum Gasteiger partial charge on any atom is -1.00 e. The van der Waals surface area contributed by atoms with Gasteiger partial charge in [-0.3, -0.25) is 0 Å². The van der Waals surface area contributed by atoms with Crippen molar-refractivity contribution in [2.24, 2.45) is 0 Å². The fraction of sp³-hybridized carbons (Fsp3) is 0.231. The van der Waals surface area contributed by atoms with Gasteiger partial charge in [0.15, 0.2) is 0 Å². The molecule has 0 aliphatic heterocycles. The number of aromatic nitrogens is 1. The third-order valence-corrected chi connectivity index (χ3v) is 12.3. The van der Waals surface area contributed by atoms with Crippen LogP contribution in [0, 0.1) is 0 Å². The monoisotopic (exact) mass is 601 g/mol. The van der Waals surface area contributed by atoms with Gasteiger partial charge in [0.1, 0.15) is 0 Å². The Balaban J connectivity index is 0.00000128. The van der Waals surface area contributed by atoms with Gasteiger partial charge in [-0.2, -0.15) is 0 Å². The molecule has 1 unspecified atom stereocenters. The summed E-state index contributed by atoms with van der Waals surface area (Å²) < 4.78 is 4.91. The van der Waals surface area contributed by atoms with E-state index in [1.807, 2.05) is 3.33 Å². The third-order valence-electron chi connectivity index (χ3n) is 5.93. The number of benzene rings is 2. The summed E-state index contributed by atoms with van der Waals surface area (Å²) in [4.78, 5) is 0. The van der Waals surface area contributed by atoms with E-state index in [1.165, 1.54) is 47.8 Å². The predicted molar refractivity (Wildman–Crippen MR) is 116 cm³/mol. The van der Waals surface area contributed by atoms with Crippen LogP contribution in [0.3, 0.4) is 0 Å². The first-order valence-electron chi connectivity index (χ1n) is 10.4. The van der Waals surface area contributed by atoms with Crippen molar-refractivity contribution in [1.29, 1.82) is 0 Å². The van der Waals surface area contributed by atoms with Crippen LogP contribution in [0.5, 0.6) is 0 Å². The molecule has 5 rings (SSSR count). The van der Waals surface area contributed by atoms with E-state index in [-0.39, 0.29) is 24.8 Å². The second-order valence-electron chi connectivity index (χ2n) is 7.73. The molecule has 0 radical (unpaired) electrons. The summed E-state index contributed by atoms with van der Waals surface area (Å²) in [6.07, 6.45) is 14.6. The van der Waals surface area contributed by atoms with Crippen LogP contribution in [-0.2, 0) is 22.9 Å². The normalized spacial score (nSPS) is 16.7. The predicted octanol–water partition coefficient (Wildman–Crippen LogP) is 1.19. The van der Waals surface area contributed by atoms with Gasteiger partial charge in [-0.05, 0) is 0 Å². The molecule has 30 heavy (non-hydrogen) atoms. The van der Waals surface area contributed by atoms with Gasteiger partial charge in [-0.25, -0.2) is 0 Å². The molecular formula is C26H25Cl2HfN. The third kappa shape index (κ3) is 4.33. The maximum atomic E-state index is 2.46. The summed E-state index contributed by atoms with van der Waals surface area (Å²) in [6.45, 7) is 2.30. The number of rotatable bonds is 6. The molecule has 1 atom stereocenters. The van der Waals surface area contributed by atoms with E-state index in [9.17, 15) is 0 Å². The Morgan fingerprint density at radius 2 is 1.80 bits per heavy atom. The first kappa shape index (κ1) is 23.3. The Kier molecular flexibility index (Phi) is 8.01. The molecule has 2 aliphatic rings. The molecule has 0 N–H and O–H groups in total. The summed E-state index contributed by atoms with van der Waals surface area (Å²) in [7, 11) is 0. The minimum Gasteiger partial charge on any atom is -1.00 e. The van der Waals surface area contributed by atoms with E-state index in [0.717, 1.165) is 0 Å². The van der Waals surface area contributed by atoms with Crippen molar-refractivity contribution in [1.82, 2.24) is 4.57 Å². The van der Waals surface area contributed by atoms with Crippen molar-refractivity contribution in [2.75, 3.05) is 0 Å². The molecule has 3 aromatic rings. The molecule has 1 heterocycles. The van der Waals surface area contributed by atoms with Crippen LogP contribution >= 0.6 is 0 Å². The minimum absolute atomic E-state index is 0. The number of unbranched alkanes of at least 4 members (excludes halogenated alkanes) is 1. The van der Waals surface area contributed by atoms with Crippen LogP contribution in [0.15, 0.2) is 81.8 Å². The second-order valence-corrected chi connectivity index (χ2v) is 13.0. The van der Waals surface area contributed by atoms with Crippen LogP contribution in [-0.4, -0.2) is 4.57 Å². The maximum absolute atomic E-state index is 2.46. The molecule has 2 aromatic carbocycles. The molecule has 0 saturated carbocycles. The summed E-state index contributed by atoms with van der Waals surface area (Å²) in [5, 5.41) is 1.33. The van der Waals surface area contributed by atoms with E-state index in [2.05, 4.69) is 90.5 Å². The van der Waals surface area contributed by atoms with Gasteiger partial charge in [0.05, 0.1) is 0 Å². The quantitative estimate of drug-likeness (QED) is 0.375. The van der Waals surface area contributed by atoms with Gasteiger partial charge in [0.2, 0.25) is 0 Å². The van der Waals surface area contributed by atoms with Crippen molar-refractivity contribution in [3.05, 3.63) is 93.0 Å². The van der Waals surface area contributed by atoms with Gasteiger partial charge in [0.25, 0.3) is 0 Å². The van der Waals surface area contributed by atoms with Crippen molar-refractivity contribution < 1.29 is 47.7 Å². The van der Waals surface area contributed by atoms with Crippen LogP contribution in [0.4, 0.5) is 0 Å². The minimum atomic E-state index is -1.05. The van der Waals surface area contributed by atoms with Gasteiger partial charge in [-0.15, -0.1) is 0 Å². The summed E-state index contributed by atoms with van der Waals surface area (Å²) in [6, 6.07) is 20.1. The molecule has 2 aliphatic carbocycles. The van der Waals surface area contributed by atoms with E-state index in [0.29, 0.717) is 3.67 Å². The molecule has 1 aromatic heterocycles. The Hall–Kier alpha value is -1.35. The summed E-state index contributed by atoms with van der Waals surface area (Å²) >= 11 is -1.05. The van der Waals surface area contributed by atoms with Gasteiger partial charge in [-0.1, -0.05) is 0 Å². The second kappa shape index (κ2) is 10.3. The Morgan fingerprint density at radius 1 is 1.00 bits per heavy atom. The van der Waals surface area contributed by atoms with Gasteiger partial charge >= 0.3 is 179 Å². The van der Waals surface area contributed by atoms with Crippen LogP contribution in [0.2, 0.25) is 0 Å². The van der Waals surface area contributed by atoms with E-state index in [4.69, 9.17) is 0 Å².